The Morgan fingerprint density at radius 2 is 2.12 bits per heavy atom. The number of oxazole rings is 1. The largest absolute Gasteiger partial charge is 0.423 e. The van der Waals surface area contributed by atoms with Crippen molar-refractivity contribution in [2.24, 2.45) is 5.92 Å². The average Bonchev–Trinajstić information content (AvgIpc) is 2.57. The summed E-state index contributed by atoms with van der Waals surface area (Å²) in [5, 5.41) is 3.26. The maximum absolute atomic E-state index is 5.69. The van der Waals surface area contributed by atoms with E-state index in [1.165, 1.54) is 0 Å². The van der Waals surface area contributed by atoms with Gasteiger partial charge in [0.25, 0.3) is 6.01 Å². The summed E-state index contributed by atoms with van der Waals surface area (Å²) < 4.78 is 5.60. The van der Waals surface area contributed by atoms with Gasteiger partial charge < -0.3 is 15.5 Å². The van der Waals surface area contributed by atoms with Crippen LogP contribution in [0, 0.1) is 5.92 Å². The van der Waals surface area contributed by atoms with Crippen molar-refractivity contribution in [3.8, 4) is 0 Å². The zero-order valence-corrected chi connectivity index (χ0v) is 10.5. The quantitative estimate of drug-likeness (QED) is 0.795. The Labute approximate surface area is 101 Å². The summed E-state index contributed by atoms with van der Waals surface area (Å²) >= 11 is 0. The second-order valence-electron chi connectivity index (χ2n) is 4.92. The highest BCUT2D eigenvalue weighted by Gasteiger charge is 2.10. The van der Waals surface area contributed by atoms with Crippen LogP contribution in [0.15, 0.2) is 22.6 Å². The number of nitrogen functional groups attached to an aromatic ring is 1. The van der Waals surface area contributed by atoms with Crippen molar-refractivity contribution in [1.29, 1.82) is 0 Å². The summed E-state index contributed by atoms with van der Waals surface area (Å²) in [4.78, 5) is 4.37. The highest BCUT2D eigenvalue weighted by molar-refractivity contribution is 5.78. The normalized spacial score (nSPS) is 13.2. The summed E-state index contributed by atoms with van der Waals surface area (Å²) in [6.07, 6.45) is 1.08. The van der Waals surface area contributed by atoms with Gasteiger partial charge in [0.05, 0.1) is 0 Å². The van der Waals surface area contributed by atoms with Crippen LogP contribution < -0.4 is 11.1 Å². The molecule has 1 aromatic carbocycles. The molecule has 0 fully saturated rings. The lowest BCUT2D eigenvalue weighted by atomic mass is 10.1. The lowest BCUT2D eigenvalue weighted by Gasteiger charge is -2.13. The summed E-state index contributed by atoms with van der Waals surface area (Å²) in [7, 11) is 0. The Hall–Kier alpha value is -1.71. The molecule has 0 aliphatic rings. The summed E-state index contributed by atoms with van der Waals surface area (Å²) in [5.41, 5.74) is 7.94. The molecule has 0 saturated carbocycles. The van der Waals surface area contributed by atoms with Crippen molar-refractivity contribution in [2.75, 3.05) is 11.1 Å². The maximum Gasteiger partial charge on any atom is 0.295 e. The summed E-state index contributed by atoms with van der Waals surface area (Å²) in [5.74, 6) is 0.650. The molecule has 0 saturated heterocycles. The monoisotopic (exact) mass is 233 g/mol. The Bertz CT molecular complexity index is 504. The highest BCUT2D eigenvalue weighted by atomic mass is 16.4. The maximum atomic E-state index is 5.69. The molecular formula is C13H19N3O. The molecule has 0 aliphatic carbocycles. The van der Waals surface area contributed by atoms with Crippen molar-refractivity contribution in [3.63, 3.8) is 0 Å². The van der Waals surface area contributed by atoms with Gasteiger partial charge in [-0.25, -0.2) is 0 Å². The molecule has 17 heavy (non-hydrogen) atoms. The Kier molecular flexibility index (Phi) is 3.22. The minimum atomic E-state index is 0.348. The summed E-state index contributed by atoms with van der Waals surface area (Å²) in [6, 6.07) is 6.40. The first-order chi connectivity index (χ1) is 8.04. The third-order valence-corrected chi connectivity index (χ3v) is 2.61. The third kappa shape index (κ3) is 2.90. The molecular weight excluding hydrogens is 214 g/mol. The van der Waals surface area contributed by atoms with Crippen LogP contribution in [-0.4, -0.2) is 11.0 Å². The highest BCUT2D eigenvalue weighted by Crippen LogP contribution is 2.22. The van der Waals surface area contributed by atoms with Crippen LogP contribution in [0.3, 0.4) is 0 Å². The minimum absolute atomic E-state index is 0.348. The molecule has 3 N–H and O–H groups in total. The number of benzene rings is 1. The molecule has 92 valence electrons. The van der Waals surface area contributed by atoms with E-state index in [1.807, 2.05) is 12.1 Å². The van der Waals surface area contributed by atoms with Gasteiger partial charge in [-0.05, 0) is 31.4 Å². The van der Waals surface area contributed by atoms with Crippen LogP contribution in [0.2, 0.25) is 0 Å². The van der Waals surface area contributed by atoms with Gasteiger partial charge in [-0.15, -0.1) is 0 Å². The molecule has 1 atom stereocenters. The fourth-order valence-electron chi connectivity index (χ4n) is 1.98. The minimum Gasteiger partial charge on any atom is -0.423 e. The van der Waals surface area contributed by atoms with Crippen LogP contribution in [0.4, 0.5) is 11.7 Å². The lowest BCUT2D eigenvalue weighted by molar-refractivity contribution is 0.521. The van der Waals surface area contributed by atoms with E-state index in [4.69, 9.17) is 10.2 Å². The van der Waals surface area contributed by atoms with E-state index in [2.05, 4.69) is 31.1 Å². The molecule has 0 radical (unpaired) electrons. The second-order valence-corrected chi connectivity index (χ2v) is 4.92. The molecule has 0 amide bonds. The number of nitrogens with two attached hydrogens (primary N) is 1. The number of hydrogen-bond donors (Lipinski definition) is 2. The van der Waals surface area contributed by atoms with Gasteiger partial charge in [0.2, 0.25) is 0 Å². The van der Waals surface area contributed by atoms with Gasteiger partial charge in [-0.2, -0.15) is 4.98 Å². The lowest BCUT2D eigenvalue weighted by Crippen LogP contribution is -2.17. The molecule has 2 rings (SSSR count). The predicted octanol–water partition coefficient (Wildman–Crippen LogP) is 3.26. The van der Waals surface area contributed by atoms with Gasteiger partial charge in [0, 0.05) is 17.8 Å². The van der Waals surface area contributed by atoms with Crippen molar-refractivity contribution in [2.45, 2.75) is 33.2 Å². The standard InChI is InChI=1S/C13H19N3O/c1-8(2)6-9(3)15-13-16-11-5-4-10(14)7-12(11)17-13/h4-5,7-9H,6,14H2,1-3H3,(H,15,16). The van der Waals surface area contributed by atoms with E-state index in [1.54, 1.807) is 6.07 Å². The number of nitrogens with one attached hydrogen (secondary N) is 1. The number of rotatable bonds is 4. The zero-order chi connectivity index (χ0) is 12.4. The SMILES string of the molecule is CC(C)CC(C)Nc1nc2ccc(N)cc2o1. The molecule has 1 unspecified atom stereocenters. The molecule has 0 bridgehead atoms. The predicted molar refractivity (Wildman–Crippen MR) is 71.0 cm³/mol. The number of fused-ring (bicyclic) bond motifs is 1. The Balaban J connectivity index is 2.14. The molecule has 1 aromatic heterocycles. The third-order valence-electron chi connectivity index (χ3n) is 2.61. The van der Waals surface area contributed by atoms with Gasteiger partial charge in [0.1, 0.15) is 5.52 Å². The number of nitrogens with zero attached hydrogens (tertiary/aromatic N) is 1. The molecule has 2 aromatic rings. The van der Waals surface area contributed by atoms with E-state index in [0.29, 0.717) is 23.7 Å². The van der Waals surface area contributed by atoms with Crippen LogP contribution in [0.5, 0.6) is 0 Å². The smallest absolute Gasteiger partial charge is 0.295 e. The fourth-order valence-corrected chi connectivity index (χ4v) is 1.98. The first-order valence-corrected chi connectivity index (χ1v) is 5.97. The van der Waals surface area contributed by atoms with Crippen molar-refractivity contribution in [1.82, 2.24) is 4.98 Å². The van der Waals surface area contributed by atoms with E-state index < -0.39 is 0 Å². The van der Waals surface area contributed by atoms with Gasteiger partial charge in [0.15, 0.2) is 5.58 Å². The van der Waals surface area contributed by atoms with Crippen molar-refractivity contribution >= 4 is 22.8 Å². The molecule has 4 heteroatoms. The molecule has 0 spiro atoms. The van der Waals surface area contributed by atoms with Crippen LogP contribution >= 0.6 is 0 Å². The van der Waals surface area contributed by atoms with Crippen molar-refractivity contribution < 1.29 is 4.42 Å². The van der Waals surface area contributed by atoms with Crippen LogP contribution in [0.1, 0.15) is 27.2 Å². The van der Waals surface area contributed by atoms with Gasteiger partial charge >= 0.3 is 0 Å². The average molecular weight is 233 g/mol. The first-order valence-electron chi connectivity index (χ1n) is 5.97. The topological polar surface area (TPSA) is 64.1 Å². The molecule has 0 aliphatic heterocycles. The number of anilines is 2. The second kappa shape index (κ2) is 4.65. The number of hydrogen-bond acceptors (Lipinski definition) is 4. The summed E-state index contributed by atoms with van der Waals surface area (Å²) in [6.45, 7) is 6.53. The Morgan fingerprint density at radius 3 is 2.82 bits per heavy atom. The van der Waals surface area contributed by atoms with E-state index >= 15 is 0 Å². The first kappa shape index (κ1) is 11.8. The van der Waals surface area contributed by atoms with Crippen LogP contribution in [-0.2, 0) is 0 Å². The van der Waals surface area contributed by atoms with E-state index in [-0.39, 0.29) is 0 Å². The molecule has 4 nitrogen and oxygen atoms in total. The van der Waals surface area contributed by atoms with Gasteiger partial charge in [-0.1, -0.05) is 13.8 Å². The van der Waals surface area contributed by atoms with Gasteiger partial charge in [-0.3, -0.25) is 0 Å². The fraction of sp³-hybridized carbons (Fsp3) is 0.462. The zero-order valence-electron chi connectivity index (χ0n) is 10.5. The van der Waals surface area contributed by atoms with Crippen molar-refractivity contribution in [3.05, 3.63) is 18.2 Å². The molecule has 1 heterocycles. The Morgan fingerprint density at radius 1 is 1.35 bits per heavy atom. The number of aromatic nitrogens is 1. The van der Waals surface area contributed by atoms with E-state index in [9.17, 15) is 0 Å². The van der Waals surface area contributed by atoms with E-state index in [0.717, 1.165) is 17.5 Å². The van der Waals surface area contributed by atoms with Crippen LogP contribution in [0.25, 0.3) is 11.1 Å².